The van der Waals surface area contributed by atoms with Crippen LogP contribution in [-0.4, -0.2) is 51.3 Å². The van der Waals surface area contributed by atoms with Gasteiger partial charge in [-0.15, -0.1) is 0 Å². The maximum Gasteiger partial charge on any atom is 0.225 e. The van der Waals surface area contributed by atoms with Gasteiger partial charge in [-0.05, 0) is 60.4 Å². The van der Waals surface area contributed by atoms with E-state index < -0.39 is 0 Å². The van der Waals surface area contributed by atoms with Crippen molar-refractivity contribution in [1.29, 1.82) is 0 Å². The Morgan fingerprint density at radius 3 is 2.25 bits per heavy atom. The predicted molar refractivity (Wildman–Crippen MR) is 140 cm³/mol. The molecule has 0 N–H and O–H groups in total. The number of amides is 1. The van der Waals surface area contributed by atoms with Crippen LogP contribution in [0.3, 0.4) is 0 Å². The molecule has 2 aromatic carbocycles. The summed E-state index contributed by atoms with van der Waals surface area (Å²) in [5.41, 5.74) is 6.03. The van der Waals surface area contributed by atoms with Crippen LogP contribution in [0.15, 0.2) is 72.9 Å². The average molecular weight is 483 g/mol. The number of piperazine rings is 1. The van der Waals surface area contributed by atoms with Crippen LogP contribution < -0.4 is 0 Å². The first-order chi connectivity index (χ1) is 17.7. The van der Waals surface area contributed by atoms with Gasteiger partial charge in [0.2, 0.25) is 5.91 Å². The molecule has 0 spiro atoms. The molecule has 2 aliphatic rings. The molecule has 36 heavy (non-hydrogen) atoms. The SMILES string of the molecule is O=C(C1CCCC1)N1CCN(Cc2c(-c3ccc(F)cc3)nc3ccc(-c4ccccc4)cn23)CC1. The molecule has 4 aromatic rings. The van der Waals surface area contributed by atoms with Crippen LogP contribution in [0.25, 0.3) is 28.0 Å². The van der Waals surface area contributed by atoms with Crippen molar-refractivity contribution in [2.24, 2.45) is 5.92 Å². The van der Waals surface area contributed by atoms with E-state index in [2.05, 4.69) is 44.7 Å². The summed E-state index contributed by atoms with van der Waals surface area (Å²) < 4.78 is 15.8. The normalized spacial score (nSPS) is 17.2. The molecular formula is C30H31FN4O. The molecule has 6 rings (SSSR count). The molecule has 6 heteroatoms. The lowest BCUT2D eigenvalue weighted by molar-refractivity contribution is -0.137. The number of rotatable bonds is 5. The number of pyridine rings is 1. The van der Waals surface area contributed by atoms with Gasteiger partial charge in [-0.2, -0.15) is 0 Å². The highest BCUT2D eigenvalue weighted by molar-refractivity contribution is 5.79. The quantitative estimate of drug-likeness (QED) is 0.370. The van der Waals surface area contributed by atoms with Gasteiger partial charge in [0, 0.05) is 50.4 Å². The molecule has 5 nitrogen and oxygen atoms in total. The largest absolute Gasteiger partial charge is 0.340 e. The van der Waals surface area contributed by atoms with E-state index in [0.717, 1.165) is 79.3 Å². The third-order valence-corrected chi connectivity index (χ3v) is 7.70. The molecule has 0 unspecified atom stereocenters. The van der Waals surface area contributed by atoms with Gasteiger partial charge < -0.3 is 9.30 Å². The number of aromatic nitrogens is 2. The maximum absolute atomic E-state index is 13.7. The molecule has 1 saturated heterocycles. The summed E-state index contributed by atoms with van der Waals surface area (Å²) in [5.74, 6) is 0.330. The Bertz CT molecular complexity index is 1350. The van der Waals surface area contributed by atoms with Crippen LogP contribution in [-0.2, 0) is 11.3 Å². The lowest BCUT2D eigenvalue weighted by Gasteiger charge is -2.36. The Hall–Kier alpha value is -3.51. The summed E-state index contributed by atoms with van der Waals surface area (Å²) in [6.45, 7) is 3.94. The zero-order valence-corrected chi connectivity index (χ0v) is 20.4. The Morgan fingerprint density at radius 2 is 1.53 bits per heavy atom. The standard InChI is InChI=1S/C30H31FN4O/c31-26-13-10-23(11-14-26)29-27(21-33-16-18-34(19-17-33)30(36)24-8-4-5-9-24)35-20-25(12-15-28(35)32-29)22-6-2-1-3-7-22/h1-3,6-7,10-15,20,24H,4-5,8-9,16-19,21H2. The van der Waals surface area contributed by atoms with Crippen molar-refractivity contribution in [2.45, 2.75) is 32.2 Å². The lowest BCUT2D eigenvalue weighted by Crippen LogP contribution is -2.49. The van der Waals surface area contributed by atoms with E-state index in [1.54, 1.807) is 12.1 Å². The summed E-state index contributed by atoms with van der Waals surface area (Å²) >= 11 is 0. The Morgan fingerprint density at radius 1 is 0.833 bits per heavy atom. The van der Waals surface area contributed by atoms with Gasteiger partial charge in [0.1, 0.15) is 11.5 Å². The number of imidazole rings is 1. The van der Waals surface area contributed by atoms with E-state index >= 15 is 0 Å². The van der Waals surface area contributed by atoms with Gasteiger partial charge >= 0.3 is 0 Å². The summed E-state index contributed by atoms with van der Waals surface area (Å²) in [4.78, 5) is 22.3. The fourth-order valence-corrected chi connectivity index (χ4v) is 5.65. The first-order valence-corrected chi connectivity index (χ1v) is 13.0. The number of hydrogen-bond acceptors (Lipinski definition) is 3. The molecule has 2 aromatic heterocycles. The monoisotopic (exact) mass is 482 g/mol. The number of carbonyl (C=O) groups excluding carboxylic acids is 1. The van der Waals surface area contributed by atoms with Crippen molar-refractivity contribution < 1.29 is 9.18 Å². The number of carbonyl (C=O) groups is 1. The minimum absolute atomic E-state index is 0.233. The van der Waals surface area contributed by atoms with Gasteiger partial charge in [-0.1, -0.05) is 43.2 Å². The molecule has 0 bridgehead atoms. The first kappa shape index (κ1) is 22.9. The molecular weight excluding hydrogens is 451 g/mol. The number of hydrogen-bond donors (Lipinski definition) is 0. The predicted octanol–water partition coefficient (Wildman–Crippen LogP) is 5.64. The smallest absolute Gasteiger partial charge is 0.225 e. The van der Waals surface area contributed by atoms with Crippen LogP contribution in [0.5, 0.6) is 0 Å². The van der Waals surface area contributed by atoms with Crippen LogP contribution in [0, 0.1) is 11.7 Å². The highest BCUT2D eigenvalue weighted by atomic mass is 19.1. The zero-order valence-electron chi connectivity index (χ0n) is 20.4. The van der Waals surface area contributed by atoms with Gasteiger partial charge in [-0.25, -0.2) is 9.37 Å². The van der Waals surface area contributed by atoms with Gasteiger partial charge in [0.25, 0.3) is 0 Å². The van der Waals surface area contributed by atoms with Crippen molar-refractivity contribution in [3.8, 4) is 22.4 Å². The molecule has 184 valence electrons. The molecule has 1 saturated carbocycles. The molecule has 1 amide bonds. The maximum atomic E-state index is 13.7. The number of halogens is 1. The van der Waals surface area contributed by atoms with Crippen LogP contribution in [0.1, 0.15) is 31.4 Å². The van der Waals surface area contributed by atoms with Crippen molar-refractivity contribution in [3.63, 3.8) is 0 Å². The summed E-state index contributed by atoms with van der Waals surface area (Å²) in [6, 6.07) is 21.1. The van der Waals surface area contributed by atoms with Gasteiger partial charge in [0.05, 0.1) is 11.4 Å². The molecule has 1 aliphatic carbocycles. The topological polar surface area (TPSA) is 40.9 Å². The van der Waals surface area contributed by atoms with E-state index in [9.17, 15) is 9.18 Å². The van der Waals surface area contributed by atoms with Gasteiger partial charge in [-0.3, -0.25) is 9.69 Å². The fraction of sp³-hybridized carbons (Fsp3) is 0.333. The highest BCUT2D eigenvalue weighted by Gasteiger charge is 2.30. The van der Waals surface area contributed by atoms with Crippen molar-refractivity contribution in [1.82, 2.24) is 19.2 Å². The minimum Gasteiger partial charge on any atom is -0.340 e. The lowest BCUT2D eigenvalue weighted by atomic mass is 10.1. The number of benzene rings is 2. The van der Waals surface area contributed by atoms with Crippen molar-refractivity contribution in [3.05, 3.63) is 84.4 Å². The van der Waals surface area contributed by atoms with Crippen LogP contribution in [0.4, 0.5) is 4.39 Å². The summed E-state index contributed by atoms with van der Waals surface area (Å²) in [7, 11) is 0. The van der Waals surface area contributed by atoms with E-state index in [0.29, 0.717) is 5.91 Å². The molecule has 3 heterocycles. The Labute approximate surface area is 211 Å². The number of nitrogens with zero attached hydrogens (tertiary/aromatic N) is 4. The average Bonchev–Trinajstić information content (AvgIpc) is 3.58. The molecule has 0 atom stereocenters. The summed E-state index contributed by atoms with van der Waals surface area (Å²) in [6.07, 6.45) is 6.61. The second-order valence-electron chi connectivity index (χ2n) is 10.0. The van der Waals surface area contributed by atoms with E-state index in [-0.39, 0.29) is 11.7 Å². The molecule has 2 fully saturated rings. The fourth-order valence-electron chi connectivity index (χ4n) is 5.65. The van der Waals surface area contributed by atoms with Crippen LogP contribution >= 0.6 is 0 Å². The minimum atomic E-state index is -0.251. The Balaban J connectivity index is 1.30. The summed E-state index contributed by atoms with van der Waals surface area (Å²) in [5, 5.41) is 0. The van der Waals surface area contributed by atoms with Crippen molar-refractivity contribution in [2.75, 3.05) is 26.2 Å². The molecule has 0 radical (unpaired) electrons. The van der Waals surface area contributed by atoms with E-state index in [1.807, 2.05) is 18.2 Å². The highest BCUT2D eigenvalue weighted by Crippen LogP contribution is 2.30. The first-order valence-electron chi connectivity index (χ1n) is 13.0. The Kier molecular flexibility index (Phi) is 6.28. The molecule has 1 aliphatic heterocycles. The van der Waals surface area contributed by atoms with Crippen LogP contribution in [0.2, 0.25) is 0 Å². The third-order valence-electron chi connectivity index (χ3n) is 7.70. The second kappa shape index (κ2) is 9.86. The second-order valence-corrected chi connectivity index (χ2v) is 10.0. The van der Waals surface area contributed by atoms with E-state index in [4.69, 9.17) is 4.98 Å². The number of fused-ring (bicyclic) bond motifs is 1. The van der Waals surface area contributed by atoms with Crippen molar-refractivity contribution >= 4 is 11.6 Å². The van der Waals surface area contributed by atoms with E-state index in [1.165, 1.54) is 25.0 Å². The third kappa shape index (κ3) is 4.53. The van der Waals surface area contributed by atoms with Gasteiger partial charge in [0.15, 0.2) is 0 Å². The zero-order chi connectivity index (χ0) is 24.5.